The Morgan fingerprint density at radius 3 is 2.50 bits per heavy atom. The second-order valence-corrected chi connectivity index (χ2v) is 6.68. The molecule has 0 atom stereocenters. The first-order chi connectivity index (χ1) is 11.3. The first-order valence-corrected chi connectivity index (χ1v) is 8.89. The molecule has 0 amide bonds. The highest BCUT2D eigenvalue weighted by Crippen LogP contribution is 2.29. The molecule has 126 valence electrons. The molecule has 2 aromatic carbocycles. The largest absolute Gasteiger partial charge is 0.488 e. The van der Waals surface area contributed by atoms with Gasteiger partial charge < -0.3 is 9.53 Å². The molecule has 0 fully saturated rings. The fraction of sp³-hybridized carbons (Fsp3) is 0.176. The number of hydrogen-bond donors (Lipinski definition) is 1. The van der Waals surface area contributed by atoms with Crippen molar-refractivity contribution in [3.63, 3.8) is 0 Å². The third kappa shape index (κ3) is 4.74. The Balaban J connectivity index is 0.000000368. The lowest BCUT2D eigenvalue weighted by Gasteiger charge is -2.07. The molecule has 0 radical (unpaired) electrons. The molecule has 1 N–H and O–H groups in total. The summed E-state index contributed by atoms with van der Waals surface area (Å²) in [6, 6.07) is 12.8. The van der Waals surface area contributed by atoms with E-state index in [-0.39, 0.29) is 5.78 Å². The minimum Gasteiger partial charge on any atom is -0.488 e. The molecule has 6 nitrogen and oxygen atoms in total. The third-order valence-corrected chi connectivity index (χ3v) is 3.25. The van der Waals surface area contributed by atoms with Crippen molar-refractivity contribution in [1.29, 1.82) is 0 Å². The van der Waals surface area contributed by atoms with Gasteiger partial charge in [0.2, 0.25) is 0 Å². The van der Waals surface area contributed by atoms with Crippen molar-refractivity contribution in [2.45, 2.75) is 13.0 Å². The molecule has 3 rings (SSSR count). The summed E-state index contributed by atoms with van der Waals surface area (Å²) in [7, 11) is -3.67. The van der Waals surface area contributed by atoms with Gasteiger partial charge in [0.25, 0.3) is 10.1 Å². The summed E-state index contributed by atoms with van der Waals surface area (Å²) in [6.07, 6.45) is 1.85. The van der Waals surface area contributed by atoms with Crippen LogP contribution in [0.1, 0.15) is 27.0 Å². The molecule has 0 spiro atoms. The van der Waals surface area contributed by atoms with Crippen LogP contribution in [0.5, 0.6) is 5.75 Å². The summed E-state index contributed by atoms with van der Waals surface area (Å²) in [5.74, 6) is 0.534. The average Bonchev–Trinajstić information content (AvgIpc) is 2.64. The molecule has 0 aliphatic carbocycles. The van der Waals surface area contributed by atoms with E-state index in [1.807, 2.05) is 30.3 Å². The van der Waals surface area contributed by atoms with E-state index < -0.39 is 10.1 Å². The van der Waals surface area contributed by atoms with Crippen LogP contribution in [0, 0.1) is 0 Å². The molecular formula is C17H16O6S. The van der Waals surface area contributed by atoms with Gasteiger partial charge in [-0.25, -0.2) is 0 Å². The van der Waals surface area contributed by atoms with Crippen LogP contribution >= 0.6 is 0 Å². The molecule has 24 heavy (non-hydrogen) atoms. The van der Waals surface area contributed by atoms with E-state index >= 15 is 0 Å². The standard InChI is InChI=1S/C16H12O3.CH4O3S/c17-8-7-11-5-6-15-14(9-11)16(18)13-4-2-1-3-12(13)10-19-15;1-5(2,3)4/h1-6,8-9H,7,10H2;1H3,(H,2,3,4). The maximum absolute atomic E-state index is 12.5. The van der Waals surface area contributed by atoms with Crippen molar-refractivity contribution in [3.8, 4) is 5.75 Å². The zero-order chi connectivity index (χ0) is 17.7. The lowest BCUT2D eigenvalue weighted by molar-refractivity contribution is -0.107. The number of carbonyl (C=O) groups is 2. The number of ether oxygens (including phenoxy) is 1. The smallest absolute Gasteiger partial charge is 0.261 e. The molecule has 0 saturated carbocycles. The van der Waals surface area contributed by atoms with Gasteiger partial charge in [-0.1, -0.05) is 30.3 Å². The zero-order valence-corrected chi connectivity index (χ0v) is 13.7. The van der Waals surface area contributed by atoms with Crippen LogP contribution < -0.4 is 4.74 Å². The maximum atomic E-state index is 12.5. The number of hydrogen-bond acceptors (Lipinski definition) is 5. The minimum absolute atomic E-state index is 0.0455. The second-order valence-electron chi connectivity index (χ2n) is 5.21. The van der Waals surface area contributed by atoms with Gasteiger partial charge in [-0.2, -0.15) is 8.42 Å². The quantitative estimate of drug-likeness (QED) is 0.659. The Hall–Kier alpha value is -2.51. The van der Waals surface area contributed by atoms with Gasteiger partial charge in [0.05, 0.1) is 11.8 Å². The Kier molecular flexibility index (Phi) is 5.48. The number of benzene rings is 2. The topological polar surface area (TPSA) is 97.7 Å². The Morgan fingerprint density at radius 1 is 1.17 bits per heavy atom. The second kappa shape index (κ2) is 7.37. The lowest BCUT2D eigenvalue weighted by atomic mass is 9.97. The van der Waals surface area contributed by atoms with Crippen LogP contribution in [-0.2, 0) is 27.9 Å². The molecule has 0 saturated heterocycles. The van der Waals surface area contributed by atoms with E-state index in [0.29, 0.717) is 36.2 Å². The summed E-state index contributed by atoms with van der Waals surface area (Å²) in [6.45, 7) is 0.391. The van der Waals surface area contributed by atoms with E-state index in [0.717, 1.165) is 17.4 Å². The van der Waals surface area contributed by atoms with E-state index in [9.17, 15) is 18.0 Å². The molecule has 0 aromatic heterocycles. The predicted molar refractivity (Wildman–Crippen MR) is 87.9 cm³/mol. The molecule has 1 aliphatic heterocycles. The molecule has 7 heteroatoms. The molecule has 0 unspecified atom stereocenters. The molecular weight excluding hydrogens is 332 g/mol. The van der Waals surface area contributed by atoms with Gasteiger partial charge in [0.15, 0.2) is 5.78 Å². The van der Waals surface area contributed by atoms with Gasteiger partial charge in [-0.05, 0) is 17.7 Å². The van der Waals surface area contributed by atoms with Crippen molar-refractivity contribution in [1.82, 2.24) is 0 Å². The fourth-order valence-corrected chi connectivity index (χ4v) is 2.27. The summed E-state index contributed by atoms with van der Waals surface area (Å²) in [4.78, 5) is 23.1. The maximum Gasteiger partial charge on any atom is 0.261 e. The highest BCUT2D eigenvalue weighted by molar-refractivity contribution is 7.85. The minimum atomic E-state index is -3.67. The van der Waals surface area contributed by atoms with E-state index in [4.69, 9.17) is 9.29 Å². The van der Waals surface area contributed by atoms with Crippen LogP contribution in [0.25, 0.3) is 0 Å². The number of aldehydes is 1. The number of ketones is 1. The monoisotopic (exact) mass is 348 g/mol. The molecule has 1 aliphatic rings. The van der Waals surface area contributed by atoms with E-state index in [1.54, 1.807) is 12.1 Å². The Bertz CT molecular complexity index is 862. The van der Waals surface area contributed by atoms with Gasteiger partial charge >= 0.3 is 0 Å². The molecule has 1 heterocycles. The number of fused-ring (bicyclic) bond motifs is 2. The number of carbonyl (C=O) groups excluding carboxylic acids is 2. The van der Waals surface area contributed by atoms with Crippen LogP contribution in [0.2, 0.25) is 0 Å². The first kappa shape index (κ1) is 17.8. The highest BCUT2D eigenvalue weighted by atomic mass is 32.2. The summed E-state index contributed by atoms with van der Waals surface area (Å²) in [5.41, 5.74) is 2.92. The van der Waals surface area contributed by atoms with Crippen LogP contribution in [0.15, 0.2) is 42.5 Å². The van der Waals surface area contributed by atoms with E-state index in [2.05, 4.69) is 0 Å². The highest BCUT2D eigenvalue weighted by Gasteiger charge is 2.21. The summed E-state index contributed by atoms with van der Waals surface area (Å²) < 4.78 is 31.5. The van der Waals surface area contributed by atoms with Crippen molar-refractivity contribution in [2.24, 2.45) is 0 Å². The Morgan fingerprint density at radius 2 is 1.83 bits per heavy atom. The van der Waals surface area contributed by atoms with Gasteiger partial charge in [-0.15, -0.1) is 0 Å². The normalized spacial score (nSPS) is 12.7. The Labute approximate surface area is 139 Å². The van der Waals surface area contributed by atoms with E-state index in [1.165, 1.54) is 0 Å². The van der Waals surface area contributed by atoms with Crippen LogP contribution in [0.4, 0.5) is 0 Å². The average molecular weight is 348 g/mol. The van der Waals surface area contributed by atoms with Gasteiger partial charge in [-0.3, -0.25) is 9.35 Å². The van der Waals surface area contributed by atoms with Crippen molar-refractivity contribution in [2.75, 3.05) is 6.26 Å². The fourth-order valence-electron chi connectivity index (χ4n) is 2.27. The van der Waals surface area contributed by atoms with Crippen LogP contribution in [0.3, 0.4) is 0 Å². The third-order valence-electron chi connectivity index (χ3n) is 3.25. The van der Waals surface area contributed by atoms with Crippen molar-refractivity contribution < 1.29 is 27.3 Å². The van der Waals surface area contributed by atoms with Crippen molar-refractivity contribution >= 4 is 22.2 Å². The van der Waals surface area contributed by atoms with Crippen LogP contribution in [-0.4, -0.2) is 31.3 Å². The van der Waals surface area contributed by atoms with Gasteiger partial charge in [0.1, 0.15) is 18.6 Å². The number of rotatable bonds is 2. The predicted octanol–water partition coefficient (Wildman–Crippen LogP) is 2.06. The summed E-state index contributed by atoms with van der Waals surface area (Å²) >= 11 is 0. The van der Waals surface area contributed by atoms with Gasteiger partial charge in [0, 0.05) is 17.5 Å². The van der Waals surface area contributed by atoms with Crippen molar-refractivity contribution in [3.05, 3.63) is 64.7 Å². The zero-order valence-electron chi connectivity index (χ0n) is 12.9. The molecule has 2 aromatic rings. The summed E-state index contributed by atoms with van der Waals surface area (Å²) in [5, 5.41) is 0. The SMILES string of the molecule is CS(=O)(=O)O.O=CCc1ccc2c(c1)C(=O)c1ccccc1CO2. The lowest BCUT2D eigenvalue weighted by Crippen LogP contribution is -2.03. The molecule has 0 bridgehead atoms. The first-order valence-electron chi connectivity index (χ1n) is 7.04.